The summed E-state index contributed by atoms with van der Waals surface area (Å²) < 4.78 is 5.60. The van der Waals surface area contributed by atoms with Gasteiger partial charge in [-0.15, -0.1) is 0 Å². The van der Waals surface area contributed by atoms with Gasteiger partial charge in [-0.3, -0.25) is 4.79 Å². The Morgan fingerprint density at radius 1 is 1.25 bits per heavy atom. The van der Waals surface area contributed by atoms with Crippen molar-refractivity contribution in [2.75, 3.05) is 13.2 Å². The number of carbonyl (C=O) groups excluding carboxylic acids is 2. The fraction of sp³-hybridized carbons (Fsp3) is 0.467. The van der Waals surface area contributed by atoms with E-state index in [0.29, 0.717) is 17.9 Å². The predicted octanol–water partition coefficient (Wildman–Crippen LogP) is 1.13. The van der Waals surface area contributed by atoms with E-state index < -0.39 is 5.97 Å². The molecular weight excluding hydrogens is 258 g/mol. The van der Waals surface area contributed by atoms with Crippen molar-refractivity contribution in [2.24, 2.45) is 0 Å². The zero-order valence-electron chi connectivity index (χ0n) is 11.7. The van der Waals surface area contributed by atoms with Gasteiger partial charge in [0.15, 0.2) is 0 Å². The number of nitrogens with one attached hydrogen (secondary N) is 1. The zero-order chi connectivity index (χ0) is 14.8. The minimum absolute atomic E-state index is 0.0470. The first kappa shape index (κ1) is 16.0. The summed E-state index contributed by atoms with van der Waals surface area (Å²) in [4.78, 5) is 22.2. The molecule has 1 aromatic carbocycles. The minimum atomic E-state index is -1.19. The molecule has 0 fully saturated rings. The highest BCUT2D eigenvalue weighted by Gasteiger charge is 2.11. The number of carbonyl (C=O) groups is 2. The number of carboxylic acid groups (broad SMARTS) is 1. The molecule has 110 valence electrons. The maximum atomic E-state index is 11.9. The summed E-state index contributed by atoms with van der Waals surface area (Å²) in [5.74, 6) is -0.999. The van der Waals surface area contributed by atoms with Gasteiger partial charge in [0.05, 0.1) is 12.2 Å². The van der Waals surface area contributed by atoms with E-state index in [0.717, 1.165) is 19.3 Å². The summed E-state index contributed by atoms with van der Waals surface area (Å²) in [7, 11) is 0. The molecule has 5 nitrogen and oxygen atoms in total. The second-order valence-electron chi connectivity index (χ2n) is 4.43. The number of ether oxygens (including phenoxy) is 1. The maximum Gasteiger partial charge on any atom is 0.255 e. The van der Waals surface area contributed by atoms with Crippen LogP contribution in [-0.2, 0) is 4.79 Å². The number of para-hydroxylation sites is 1. The smallest absolute Gasteiger partial charge is 0.255 e. The fourth-order valence-electron chi connectivity index (χ4n) is 1.69. The highest BCUT2D eigenvalue weighted by molar-refractivity contribution is 5.97. The summed E-state index contributed by atoms with van der Waals surface area (Å²) in [6.07, 6.45) is 2.93. The van der Waals surface area contributed by atoms with Crippen LogP contribution in [0.4, 0.5) is 0 Å². The quantitative estimate of drug-likeness (QED) is 0.687. The van der Waals surface area contributed by atoms with Crippen molar-refractivity contribution >= 4 is 11.9 Å². The zero-order valence-corrected chi connectivity index (χ0v) is 11.7. The molecule has 0 spiro atoms. The van der Waals surface area contributed by atoms with Gasteiger partial charge < -0.3 is 20.0 Å². The molecule has 0 atom stereocenters. The van der Waals surface area contributed by atoms with Gasteiger partial charge in [-0.1, -0.05) is 31.9 Å². The van der Waals surface area contributed by atoms with E-state index in [4.69, 9.17) is 4.74 Å². The van der Waals surface area contributed by atoms with Gasteiger partial charge in [0.2, 0.25) is 0 Å². The van der Waals surface area contributed by atoms with Crippen molar-refractivity contribution in [1.82, 2.24) is 5.32 Å². The monoisotopic (exact) mass is 278 g/mol. The maximum absolute atomic E-state index is 11.9. The highest BCUT2D eigenvalue weighted by Crippen LogP contribution is 2.18. The molecule has 0 heterocycles. The van der Waals surface area contributed by atoms with Gasteiger partial charge in [-0.05, 0) is 18.6 Å². The Labute approximate surface area is 118 Å². The molecule has 5 heteroatoms. The van der Waals surface area contributed by atoms with Crippen LogP contribution in [0.15, 0.2) is 24.3 Å². The van der Waals surface area contributed by atoms with Gasteiger partial charge in [-0.25, -0.2) is 0 Å². The summed E-state index contributed by atoms with van der Waals surface area (Å²) >= 11 is 0. The average Bonchev–Trinajstić information content (AvgIpc) is 2.43. The first-order valence-corrected chi connectivity index (χ1v) is 6.85. The van der Waals surface area contributed by atoms with Crippen LogP contribution in [0.5, 0.6) is 5.75 Å². The van der Waals surface area contributed by atoms with Crippen LogP contribution in [0.25, 0.3) is 0 Å². The molecule has 0 aromatic heterocycles. The Balaban J connectivity index is 2.55. The molecule has 0 bridgehead atoms. The van der Waals surface area contributed by atoms with Gasteiger partial charge in [-0.2, -0.15) is 0 Å². The lowest BCUT2D eigenvalue weighted by Gasteiger charge is -2.11. The molecule has 0 saturated heterocycles. The molecule has 1 amide bonds. The first-order chi connectivity index (χ1) is 9.65. The van der Waals surface area contributed by atoms with E-state index in [2.05, 4.69) is 12.2 Å². The van der Waals surface area contributed by atoms with Crippen molar-refractivity contribution in [1.29, 1.82) is 0 Å². The second-order valence-corrected chi connectivity index (χ2v) is 4.43. The Kier molecular flexibility index (Phi) is 7.17. The normalized spacial score (nSPS) is 10.1. The Morgan fingerprint density at radius 3 is 2.70 bits per heavy atom. The van der Waals surface area contributed by atoms with E-state index >= 15 is 0 Å². The van der Waals surface area contributed by atoms with Crippen molar-refractivity contribution in [3.63, 3.8) is 0 Å². The van der Waals surface area contributed by atoms with E-state index in [1.165, 1.54) is 0 Å². The van der Waals surface area contributed by atoms with Crippen molar-refractivity contribution < 1.29 is 19.4 Å². The molecule has 0 aliphatic rings. The van der Waals surface area contributed by atoms with Gasteiger partial charge in [0, 0.05) is 18.9 Å². The van der Waals surface area contributed by atoms with Crippen molar-refractivity contribution in [3.8, 4) is 5.75 Å². The fourth-order valence-corrected chi connectivity index (χ4v) is 1.69. The van der Waals surface area contributed by atoms with E-state index in [1.54, 1.807) is 24.3 Å². The lowest BCUT2D eigenvalue weighted by Crippen LogP contribution is -2.31. The number of unbranched alkanes of at least 4 members (excludes halogenated alkanes) is 2. The predicted molar refractivity (Wildman–Crippen MR) is 73.4 cm³/mol. The molecule has 20 heavy (non-hydrogen) atoms. The van der Waals surface area contributed by atoms with Crippen LogP contribution in [0.2, 0.25) is 0 Å². The van der Waals surface area contributed by atoms with Crippen molar-refractivity contribution in [2.45, 2.75) is 32.6 Å². The molecular formula is C15H20NO4-. The van der Waals surface area contributed by atoms with Crippen LogP contribution in [0.3, 0.4) is 0 Å². The molecule has 0 saturated carbocycles. The molecule has 0 radical (unpaired) electrons. The minimum Gasteiger partial charge on any atom is -0.550 e. The highest BCUT2D eigenvalue weighted by atomic mass is 16.5. The molecule has 0 aliphatic carbocycles. The Morgan fingerprint density at radius 2 is 2.00 bits per heavy atom. The van der Waals surface area contributed by atoms with Crippen LogP contribution >= 0.6 is 0 Å². The number of benzene rings is 1. The third-order valence-electron chi connectivity index (χ3n) is 2.75. The molecule has 1 aromatic rings. The summed E-state index contributed by atoms with van der Waals surface area (Å²) in [5, 5.41) is 12.8. The largest absolute Gasteiger partial charge is 0.550 e. The second kappa shape index (κ2) is 8.96. The molecule has 1 N–H and O–H groups in total. The van der Waals surface area contributed by atoms with Crippen molar-refractivity contribution in [3.05, 3.63) is 29.8 Å². The number of hydrogen-bond donors (Lipinski definition) is 1. The van der Waals surface area contributed by atoms with E-state index in [1.807, 2.05) is 0 Å². The molecule has 1 rings (SSSR count). The molecule has 0 unspecified atom stereocenters. The lowest BCUT2D eigenvalue weighted by atomic mass is 10.2. The third-order valence-corrected chi connectivity index (χ3v) is 2.75. The summed E-state index contributed by atoms with van der Waals surface area (Å²) in [6.45, 7) is 2.72. The number of carboxylic acids is 1. The van der Waals surface area contributed by atoms with E-state index in [9.17, 15) is 14.7 Å². The Hall–Kier alpha value is -2.04. The summed E-state index contributed by atoms with van der Waals surface area (Å²) in [6, 6.07) is 6.93. The van der Waals surface area contributed by atoms with E-state index in [-0.39, 0.29) is 18.9 Å². The standard InChI is InChI=1S/C15H21NO4/c1-2-3-6-11-20-13-8-5-4-7-12(13)15(19)16-10-9-14(17)18/h4-5,7-8H,2-3,6,9-11H2,1H3,(H,16,19)(H,17,18)/p-1. The lowest BCUT2D eigenvalue weighted by molar-refractivity contribution is -0.305. The van der Waals surface area contributed by atoms with Crippen LogP contribution < -0.4 is 15.2 Å². The Bertz CT molecular complexity index is 445. The van der Waals surface area contributed by atoms with Gasteiger partial charge in [0.25, 0.3) is 5.91 Å². The summed E-state index contributed by atoms with van der Waals surface area (Å²) in [5.41, 5.74) is 0.419. The van der Waals surface area contributed by atoms with Gasteiger partial charge >= 0.3 is 0 Å². The molecule has 0 aliphatic heterocycles. The van der Waals surface area contributed by atoms with Crippen LogP contribution in [0, 0.1) is 0 Å². The number of aliphatic carboxylic acids is 1. The number of amides is 1. The SMILES string of the molecule is CCCCCOc1ccccc1C(=O)NCCC(=O)[O-]. The average molecular weight is 278 g/mol. The third kappa shape index (κ3) is 5.73. The number of rotatable bonds is 9. The van der Waals surface area contributed by atoms with Crippen LogP contribution in [-0.4, -0.2) is 25.0 Å². The van der Waals surface area contributed by atoms with Gasteiger partial charge in [0.1, 0.15) is 5.75 Å². The number of hydrogen-bond acceptors (Lipinski definition) is 4. The van der Waals surface area contributed by atoms with Crippen LogP contribution in [0.1, 0.15) is 43.0 Å². The topological polar surface area (TPSA) is 78.5 Å². The first-order valence-electron chi connectivity index (χ1n) is 6.85.